The fourth-order valence-electron chi connectivity index (χ4n) is 2.37. The van der Waals surface area contributed by atoms with Gasteiger partial charge in [-0.3, -0.25) is 4.79 Å². The zero-order valence-corrected chi connectivity index (χ0v) is 12.1. The van der Waals surface area contributed by atoms with E-state index in [1.54, 1.807) is 0 Å². The largest absolute Gasteiger partial charge is 0.348 e. The van der Waals surface area contributed by atoms with Crippen LogP contribution in [0.4, 0.5) is 0 Å². The molecule has 1 fully saturated rings. The van der Waals surface area contributed by atoms with Crippen molar-refractivity contribution >= 4 is 29.3 Å². The molecule has 0 aromatic heterocycles. The van der Waals surface area contributed by atoms with E-state index >= 15 is 0 Å². The van der Waals surface area contributed by atoms with E-state index in [1.807, 2.05) is 36.0 Å². The maximum atomic E-state index is 12.1. The van der Waals surface area contributed by atoms with E-state index in [4.69, 9.17) is 11.6 Å². The molecule has 2 unspecified atom stereocenters. The normalized spacial score (nSPS) is 23.0. The lowest BCUT2D eigenvalue weighted by Crippen LogP contribution is -2.38. The van der Waals surface area contributed by atoms with Crippen LogP contribution < -0.4 is 5.32 Å². The van der Waals surface area contributed by atoms with Gasteiger partial charge in [-0.15, -0.1) is 11.6 Å². The lowest BCUT2D eigenvalue weighted by molar-refractivity contribution is 0.0938. The quantitative estimate of drug-likeness (QED) is 0.858. The molecule has 1 saturated carbocycles. The van der Waals surface area contributed by atoms with Gasteiger partial charge in [-0.1, -0.05) is 18.6 Å². The number of amides is 1. The molecule has 2 atom stereocenters. The molecular formula is C14H18ClNOS. The summed E-state index contributed by atoms with van der Waals surface area (Å²) in [6.07, 6.45) is 5.63. The summed E-state index contributed by atoms with van der Waals surface area (Å²) in [7, 11) is 0. The second-order valence-corrected chi connectivity index (χ2v) is 5.96. The predicted octanol–water partition coefficient (Wildman–Crippen LogP) is 3.44. The molecule has 1 N–H and O–H groups in total. The fraction of sp³-hybridized carbons (Fsp3) is 0.500. The van der Waals surface area contributed by atoms with Crippen LogP contribution in [-0.4, -0.2) is 23.5 Å². The lowest BCUT2D eigenvalue weighted by Gasteiger charge is -2.19. The van der Waals surface area contributed by atoms with Crippen molar-refractivity contribution in [2.75, 3.05) is 6.26 Å². The van der Waals surface area contributed by atoms with E-state index in [0.717, 1.165) is 17.5 Å². The molecule has 0 spiro atoms. The first-order valence-corrected chi connectivity index (χ1v) is 8.05. The summed E-state index contributed by atoms with van der Waals surface area (Å²) < 4.78 is 0. The van der Waals surface area contributed by atoms with Gasteiger partial charge in [0.25, 0.3) is 5.91 Å². The van der Waals surface area contributed by atoms with Crippen molar-refractivity contribution < 1.29 is 4.79 Å². The Balaban J connectivity index is 1.98. The number of alkyl halides is 1. The third kappa shape index (κ3) is 3.21. The smallest absolute Gasteiger partial charge is 0.251 e. The van der Waals surface area contributed by atoms with E-state index in [1.165, 1.54) is 12.8 Å². The Morgan fingerprint density at radius 3 is 2.72 bits per heavy atom. The first kappa shape index (κ1) is 13.8. The molecule has 98 valence electrons. The average molecular weight is 284 g/mol. The first-order valence-electron chi connectivity index (χ1n) is 6.23. The Kier molecular flexibility index (Phi) is 4.95. The van der Waals surface area contributed by atoms with Gasteiger partial charge in [0.2, 0.25) is 0 Å². The van der Waals surface area contributed by atoms with Gasteiger partial charge in [0.15, 0.2) is 0 Å². The van der Waals surface area contributed by atoms with E-state index in [0.29, 0.717) is 17.2 Å². The number of hydrogen-bond acceptors (Lipinski definition) is 2. The van der Waals surface area contributed by atoms with Gasteiger partial charge in [-0.2, -0.15) is 11.8 Å². The van der Waals surface area contributed by atoms with Crippen LogP contribution in [0.2, 0.25) is 0 Å². The third-order valence-corrected chi connectivity index (χ3v) is 4.92. The van der Waals surface area contributed by atoms with Crippen molar-refractivity contribution in [3.8, 4) is 0 Å². The molecule has 2 rings (SSSR count). The van der Waals surface area contributed by atoms with E-state index in [-0.39, 0.29) is 5.91 Å². The van der Waals surface area contributed by atoms with Crippen molar-refractivity contribution in [1.29, 1.82) is 0 Å². The molecule has 1 amide bonds. The summed E-state index contributed by atoms with van der Waals surface area (Å²) >= 11 is 7.58. The second kappa shape index (κ2) is 6.48. The summed E-state index contributed by atoms with van der Waals surface area (Å²) in [5.74, 6) is 0.515. The average Bonchev–Trinajstić information content (AvgIpc) is 2.86. The number of hydrogen-bond donors (Lipinski definition) is 1. The number of halogens is 1. The standard InChI is InChI=1S/C14H18ClNOS/c1-18-13-4-2-3-12(13)16-14(17)11-7-5-10(9-15)6-8-11/h5-8,12-13H,2-4,9H2,1H3,(H,16,17). The van der Waals surface area contributed by atoms with Crippen LogP contribution in [0, 0.1) is 0 Å². The zero-order chi connectivity index (χ0) is 13.0. The molecule has 4 heteroatoms. The Bertz CT molecular complexity index is 407. The van der Waals surface area contributed by atoms with Gasteiger partial charge in [-0.25, -0.2) is 0 Å². The molecule has 1 aliphatic carbocycles. The number of thioether (sulfide) groups is 1. The number of nitrogens with one attached hydrogen (secondary N) is 1. The maximum absolute atomic E-state index is 12.1. The van der Waals surface area contributed by atoms with Crippen molar-refractivity contribution in [2.45, 2.75) is 36.4 Å². The van der Waals surface area contributed by atoms with Crippen LogP contribution in [0.15, 0.2) is 24.3 Å². The van der Waals surface area contributed by atoms with Crippen molar-refractivity contribution in [3.63, 3.8) is 0 Å². The van der Waals surface area contributed by atoms with Gasteiger partial charge in [-0.05, 0) is 36.8 Å². The Morgan fingerprint density at radius 1 is 1.39 bits per heavy atom. The number of carbonyl (C=O) groups excluding carboxylic acids is 1. The van der Waals surface area contributed by atoms with Crippen LogP contribution in [0.1, 0.15) is 35.2 Å². The van der Waals surface area contributed by atoms with Crippen molar-refractivity contribution in [1.82, 2.24) is 5.32 Å². The highest BCUT2D eigenvalue weighted by Gasteiger charge is 2.27. The minimum Gasteiger partial charge on any atom is -0.348 e. The SMILES string of the molecule is CSC1CCCC1NC(=O)c1ccc(CCl)cc1. The highest BCUT2D eigenvalue weighted by atomic mass is 35.5. The Hall–Kier alpha value is -0.670. The number of rotatable bonds is 4. The van der Waals surface area contributed by atoms with Gasteiger partial charge >= 0.3 is 0 Å². The zero-order valence-electron chi connectivity index (χ0n) is 10.5. The van der Waals surface area contributed by atoms with Gasteiger partial charge in [0, 0.05) is 22.7 Å². The maximum Gasteiger partial charge on any atom is 0.251 e. The van der Waals surface area contributed by atoms with Crippen molar-refractivity contribution in [3.05, 3.63) is 35.4 Å². The second-order valence-electron chi connectivity index (χ2n) is 4.62. The molecule has 1 aromatic carbocycles. The first-order chi connectivity index (χ1) is 8.74. The highest BCUT2D eigenvalue weighted by molar-refractivity contribution is 7.99. The lowest BCUT2D eigenvalue weighted by atomic mass is 10.1. The minimum atomic E-state index is 0.0297. The van der Waals surface area contributed by atoms with Crippen LogP contribution in [0.5, 0.6) is 0 Å². The van der Waals surface area contributed by atoms with Crippen LogP contribution in [-0.2, 0) is 5.88 Å². The Morgan fingerprint density at radius 2 is 2.11 bits per heavy atom. The molecule has 0 heterocycles. The van der Waals surface area contributed by atoms with Gasteiger partial charge < -0.3 is 5.32 Å². The summed E-state index contributed by atoms with van der Waals surface area (Å²) in [6.45, 7) is 0. The molecule has 0 saturated heterocycles. The van der Waals surface area contributed by atoms with E-state index < -0.39 is 0 Å². The molecular weight excluding hydrogens is 266 g/mol. The summed E-state index contributed by atoms with van der Waals surface area (Å²) in [5, 5.41) is 3.71. The molecule has 0 bridgehead atoms. The van der Waals surface area contributed by atoms with E-state index in [9.17, 15) is 4.79 Å². The highest BCUT2D eigenvalue weighted by Crippen LogP contribution is 2.28. The molecule has 1 aromatic rings. The van der Waals surface area contributed by atoms with E-state index in [2.05, 4.69) is 11.6 Å². The van der Waals surface area contributed by atoms with Gasteiger partial charge in [0.1, 0.15) is 0 Å². The summed E-state index contributed by atoms with van der Waals surface area (Å²) in [6, 6.07) is 7.82. The summed E-state index contributed by atoms with van der Waals surface area (Å²) in [5.41, 5.74) is 1.76. The topological polar surface area (TPSA) is 29.1 Å². The Labute approximate surface area is 117 Å². The molecule has 18 heavy (non-hydrogen) atoms. The minimum absolute atomic E-state index is 0.0297. The predicted molar refractivity (Wildman–Crippen MR) is 78.4 cm³/mol. The molecule has 2 nitrogen and oxygen atoms in total. The monoisotopic (exact) mass is 283 g/mol. The molecule has 0 radical (unpaired) electrons. The van der Waals surface area contributed by atoms with Crippen LogP contribution >= 0.6 is 23.4 Å². The third-order valence-electron chi connectivity index (χ3n) is 3.44. The van der Waals surface area contributed by atoms with Gasteiger partial charge in [0.05, 0.1) is 0 Å². The molecule has 1 aliphatic rings. The number of benzene rings is 1. The molecule has 0 aliphatic heterocycles. The fourth-order valence-corrected chi connectivity index (χ4v) is 3.48. The number of carbonyl (C=O) groups is 1. The van der Waals surface area contributed by atoms with Crippen molar-refractivity contribution in [2.24, 2.45) is 0 Å². The van der Waals surface area contributed by atoms with Crippen LogP contribution in [0.25, 0.3) is 0 Å². The van der Waals surface area contributed by atoms with Crippen LogP contribution in [0.3, 0.4) is 0 Å². The summed E-state index contributed by atoms with van der Waals surface area (Å²) in [4.78, 5) is 12.1.